The molecular weight excluding hydrogens is 284 g/mol. The van der Waals surface area contributed by atoms with Crippen LogP contribution in [0.3, 0.4) is 0 Å². The van der Waals surface area contributed by atoms with Crippen LogP contribution in [0, 0.1) is 0 Å². The highest BCUT2D eigenvalue weighted by Gasteiger charge is 2.20. The standard InChI is InChI=1S/C15H20N4O3/c1-11(20)16-14-5-3-13(4-6-14)15(22)17-19-9-7-18(8-10-19)12(2)21/h3-6H,7-10H2,1-2H3,(H,16,20)(H,17,22). The van der Waals surface area contributed by atoms with E-state index in [1.165, 1.54) is 6.92 Å². The molecule has 1 aliphatic rings. The molecule has 7 nitrogen and oxygen atoms in total. The van der Waals surface area contributed by atoms with E-state index in [2.05, 4.69) is 10.7 Å². The fourth-order valence-electron chi connectivity index (χ4n) is 2.25. The maximum Gasteiger partial charge on any atom is 0.265 e. The Hall–Kier alpha value is -2.41. The average Bonchev–Trinajstić information content (AvgIpc) is 2.48. The second-order valence-electron chi connectivity index (χ2n) is 5.19. The van der Waals surface area contributed by atoms with Gasteiger partial charge in [0.15, 0.2) is 0 Å². The smallest absolute Gasteiger partial charge is 0.265 e. The number of hydrazine groups is 1. The number of piperazine rings is 1. The molecule has 0 aliphatic carbocycles. The summed E-state index contributed by atoms with van der Waals surface area (Å²) < 4.78 is 0. The summed E-state index contributed by atoms with van der Waals surface area (Å²) >= 11 is 0. The van der Waals surface area contributed by atoms with Gasteiger partial charge in [0, 0.05) is 51.3 Å². The summed E-state index contributed by atoms with van der Waals surface area (Å²) in [4.78, 5) is 36.1. The lowest BCUT2D eigenvalue weighted by Crippen LogP contribution is -2.54. The van der Waals surface area contributed by atoms with E-state index in [0.717, 1.165) is 0 Å². The van der Waals surface area contributed by atoms with Crippen LogP contribution < -0.4 is 10.7 Å². The molecule has 1 aromatic carbocycles. The van der Waals surface area contributed by atoms with Crippen LogP contribution in [-0.4, -0.2) is 53.8 Å². The van der Waals surface area contributed by atoms with Gasteiger partial charge in [0.05, 0.1) is 0 Å². The number of anilines is 1. The first kappa shape index (κ1) is 16.0. The number of carbonyl (C=O) groups excluding carboxylic acids is 3. The van der Waals surface area contributed by atoms with Gasteiger partial charge in [-0.05, 0) is 24.3 Å². The zero-order chi connectivity index (χ0) is 16.1. The first-order valence-corrected chi connectivity index (χ1v) is 7.15. The Morgan fingerprint density at radius 3 is 2.05 bits per heavy atom. The Morgan fingerprint density at radius 1 is 0.955 bits per heavy atom. The first-order chi connectivity index (χ1) is 10.5. The van der Waals surface area contributed by atoms with Crippen LogP contribution in [0.15, 0.2) is 24.3 Å². The van der Waals surface area contributed by atoms with Crippen molar-refractivity contribution < 1.29 is 14.4 Å². The minimum Gasteiger partial charge on any atom is -0.340 e. The van der Waals surface area contributed by atoms with E-state index in [1.54, 1.807) is 36.1 Å². The second-order valence-corrected chi connectivity index (χ2v) is 5.19. The quantitative estimate of drug-likeness (QED) is 0.850. The summed E-state index contributed by atoms with van der Waals surface area (Å²) in [6.07, 6.45) is 0. The number of hydrogen-bond acceptors (Lipinski definition) is 4. The third-order valence-electron chi connectivity index (χ3n) is 3.45. The molecule has 118 valence electrons. The predicted octanol–water partition coefficient (Wildman–Crippen LogP) is 0.454. The molecule has 0 bridgehead atoms. The Balaban J connectivity index is 1.87. The maximum absolute atomic E-state index is 12.1. The Kier molecular flexibility index (Phi) is 5.11. The molecule has 0 atom stereocenters. The summed E-state index contributed by atoms with van der Waals surface area (Å²) in [5, 5.41) is 4.46. The minimum atomic E-state index is -0.203. The van der Waals surface area contributed by atoms with Crippen molar-refractivity contribution >= 4 is 23.4 Å². The van der Waals surface area contributed by atoms with Gasteiger partial charge in [-0.25, -0.2) is 5.01 Å². The minimum absolute atomic E-state index is 0.0551. The summed E-state index contributed by atoms with van der Waals surface area (Å²) in [6, 6.07) is 6.69. The number of nitrogens with zero attached hydrogens (tertiary/aromatic N) is 2. The van der Waals surface area contributed by atoms with E-state index in [1.807, 2.05) is 5.01 Å². The van der Waals surface area contributed by atoms with E-state index in [9.17, 15) is 14.4 Å². The lowest BCUT2D eigenvalue weighted by molar-refractivity contribution is -0.130. The van der Waals surface area contributed by atoms with Gasteiger partial charge in [0.1, 0.15) is 0 Å². The van der Waals surface area contributed by atoms with Crippen molar-refractivity contribution in [3.63, 3.8) is 0 Å². The zero-order valence-corrected chi connectivity index (χ0v) is 12.8. The van der Waals surface area contributed by atoms with Crippen LogP contribution in [-0.2, 0) is 9.59 Å². The molecule has 0 aromatic heterocycles. The van der Waals surface area contributed by atoms with Crippen molar-refractivity contribution in [2.75, 3.05) is 31.5 Å². The highest BCUT2D eigenvalue weighted by molar-refractivity contribution is 5.95. The maximum atomic E-state index is 12.1. The number of carbonyl (C=O) groups is 3. The molecule has 1 saturated heterocycles. The van der Waals surface area contributed by atoms with Gasteiger partial charge in [0.2, 0.25) is 11.8 Å². The normalized spacial score (nSPS) is 15.3. The van der Waals surface area contributed by atoms with Gasteiger partial charge in [-0.1, -0.05) is 0 Å². The number of nitrogens with one attached hydrogen (secondary N) is 2. The molecular formula is C15H20N4O3. The summed E-state index contributed by atoms with van der Waals surface area (Å²) in [7, 11) is 0. The molecule has 0 spiro atoms. The van der Waals surface area contributed by atoms with Crippen molar-refractivity contribution in [3.8, 4) is 0 Å². The van der Waals surface area contributed by atoms with E-state index in [-0.39, 0.29) is 17.7 Å². The predicted molar refractivity (Wildman–Crippen MR) is 82.0 cm³/mol. The van der Waals surface area contributed by atoms with E-state index in [0.29, 0.717) is 37.4 Å². The fraction of sp³-hybridized carbons (Fsp3) is 0.400. The first-order valence-electron chi connectivity index (χ1n) is 7.15. The van der Waals surface area contributed by atoms with Gasteiger partial charge in [-0.2, -0.15) is 0 Å². The van der Waals surface area contributed by atoms with Crippen LogP contribution in [0.5, 0.6) is 0 Å². The molecule has 1 aliphatic heterocycles. The Labute approximate surface area is 129 Å². The Bertz CT molecular complexity index is 563. The molecule has 7 heteroatoms. The van der Waals surface area contributed by atoms with Crippen LogP contribution in [0.2, 0.25) is 0 Å². The molecule has 3 amide bonds. The van der Waals surface area contributed by atoms with Crippen molar-refractivity contribution in [2.24, 2.45) is 0 Å². The molecule has 2 N–H and O–H groups in total. The zero-order valence-electron chi connectivity index (χ0n) is 12.8. The number of hydrogen-bond donors (Lipinski definition) is 2. The third kappa shape index (κ3) is 4.29. The topological polar surface area (TPSA) is 81.8 Å². The van der Waals surface area contributed by atoms with Crippen molar-refractivity contribution in [1.29, 1.82) is 0 Å². The van der Waals surface area contributed by atoms with E-state index in [4.69, 9.17) is 0 Å². The van der Waals surface area contributed by atoms with Crippen molar-refractivity contribution in [2.45, 2.75) is 13.8 Å². The molecule has 0 radical (unpaired) electrons. The van der Waals surface area contributed by atoms with Gasteiger partial charge < -0.3 is 10.2 Å². The second kappa shape index (κ2) is 7.04. The lowest BCUT2D eigenvalue weighted by Gasteiger charge is -2.34. The summed E-state index contributed by atoms with van der Waals surface area (Å²) in [5.74, 6) is -0.300. The van der Waals surface area contributed by atoms with Crippen LogP contribution in [0.4, 0.5) is 5.69 Å². The van der Waals surface area contributed by atoms with Crippen LogP contribution >= 0.6 is 0 Å². The highest BCUT2D eigenvalue weighted by Crippen LogP contribution is 2.10. The SMILES string of the molecule is CC(=O)Nc1ccc(C(=O)NN2CCN(C(C)=O)CC2)cc1. The summed E-state index contributed by atoms with van der Waals surface area (Å²) in [5.41, 5.74) is 3.99. The molecule has 1 fully saturated rings. The van der Waals surface area contributed by atoms with E-state index >= 15 is 0 Å². The lowest BCUT2D eigenvalue weighted by atomic mass is 10.2. The van der Waals surface area contributed by atoms with Gasteiger partial charge in [-0.15, -0.1) is 0 Å². The number of benzene rings is 1. The van der Waals surface area contributed by atoms with Gasteiger partial charge in [-0.3, -0.25) is 19.8 Å². The molecule has 2 rings (SSSR count). The van der Waals surface area contributed by atoms with Crippen molar-refractivity contribution in [1.82, 2.24) is 15.3 Å². The number of amides is 3. The number of rotatable bonds is 3. The largest absolute Gasteiger partial charge is 0.340 e. The van der Waals surface area contributed by atoms with Gasteiger partial charge in [0.25, 0.3) is 5.91 Å². The van der Waals surface area contributed by atoms with Crippen LogP contribution in [0.1, 0.15) is 24.2 Å². The molecule has 1 heterocycles. The monoisotopic (exact) mass is 304 g/mol. The fourth-order valence-corrected chi connectivity index (χ4v) is 2.25. The Morgan fingerprint density at radius 2 is 1.55 bits per heavy atom. The third-order valence-corrected chi connectivity index (χ3v) is 3.45. The molecule has 22 heavy (non-hydrogen) atoms. The van der Waals surface area contributed by atoms with E-state index < -0.39 is 0 Å². The molecule has 0 saturated carbocycles. The summed E-state index contributed by atoms with van der Waals surface area (Å²) in [6.45, 7) is 5.41. The van der Waals surface area contributed by atoms with Crippen molar-refractivity contribution in [3.05, 3.63) is 29.8 Å². The average molecular weight is 304 g/mol. The van der Waals surface area contributed by atoms with Gasteiger partial charge >= 0.3 is 0 Å². The molecule has 1 aromatic rings. The van der Waals surface area contributed by atoms with Crippen LogP contribution in [0.25, 0.3) is 0 Å². The highest BCUT2D eigenvalue weighted by atomic mass is 16.2. The molecule has 0 unspecified atom stereocenters.